The van der Waals surface area contributed by atoms with E-state index in [1.807, 2.05) is 0 Å². The zero-order valence-corrected chi connectivity index (χ0v) is 14.1. The fourth-order valence-corrected chi connectivity index (χ4v) is 2.95. The van der Waals surface area contributed by atoms with Crippen LogP contribution in [0.15, 0.2) is 36.9 Å². The minimum Gasteiger partial charge on any atom is -0.478 e. The predicted octanol–water partition coefficient (Wildman–Crippen LogP) is 1.78. The van der Waals surface area contributed by atoms with Crippen LogP contribution in [0.2, 0.25) is 0 Å². The van der Waals surface area contributed by atoms with Gasteiger partial charge in [0.05, 0.1) is 0 Å². The molecule has 0 radical (unpaired) electrons. The summed E-state index contributed by atoms with van der Waals surface area (Å²) in [6, 6.07) is 6.44. The first-order valence-electron chi connectivity index (χ1n) is 7.00. The van der Waals surface area contributed by atoms with Crippen molar-refractivity contribution in [1.29, 1.82) is 0 Å². The van der Waals surface area contributed by atoms with Gasteiger partial charge in [0.25, 0.3) is 16.0 Å². The number of carboxylic acids is 1. The molecule has 0 fully saturated rings. The first kappa shape index (κ1) is 19.6. The van der Waals surface area contributed by atoms with Gasteiger partial charge in [-0.15, -0.1) is 0 Å². The minimum atomic E-state index is -4.47. The summed E-state index contributed by atoms with van der Waals surface area (Å²) in [5.41, 5.74) is 0.744. The van der Waals surface area contributed by atoms with Gasteiger partial charge in [0.15, 0.2) is 5.37 Å². The molecule has 0 spiro atoms. The molecule has 3 N–H and O–H groups in total. The lowest BCUT2D eigenvalue weighted by Gasteiger charge is -2.20. The Morgan fingerprint density at radius 1 is 1.25 bits per heavy atom. The van der Waals surface area contributed by atoms with Crippen molar-refractivity contribution >= 4 is 33.6 Å². The molecule has 0 saturated carbocycles. The van der Waals surface area contributed by atoms with E-state index in [2.05, 4.69) is 11.9 Å². The quantitative estimate of drug-likeness (QED) is 0.507. The molecule has 8 heteroatoms. The second-order valence-corrected chi connectivity index (χ2v) is 6.93. The van der Waals surface area contributed by atoms with E-state index in [1.54, 1.807) is 24.3 Å². The van der Waals surface area contributed by atoms with Gasteiger partial charge in [0.2, 0.25) is 0 Å². The number of carbonyl (C=O) groups excluding carboxylic acids is 1. The molecule has 1 amide bonds. The average Bonchev–Trinajstić information content (AvgIpc) is 2.48. The number of rotatable bonds is 7. The van der Waals surface area contributed by atoms with Crippen molar-refractivity contribution in [1.82, 2.24) is 5.32 Å². The predicted molar refractivity (Wildman–Crippen MR) is 90.5 cm³/mol. The SMILES string of the molecule is C=C(C(=O)NC(C(C)C)S(=O)(=O)O)c1ccccc1C=CC(=O)O. The van der Waals surface area contributed by atoms with Crippen LogP contribution in [-0.4, -0.2) is 35.3 Å². The number of hydrogen-bond acceptors (Lipinski definition) is 4. The number of aliphatic carboxylic acids is 1. The third-order valence-corrected chi connectivity index (χ3v) is 4.47. The number of carboxylic acid groups (broad SMARTS) is 1. The molecule has 0 aromatic heterocycles. The maximum Gasteiger partial charge on any atom is 0.328 e. The van der Waals surface area contributed by atoms with E-state index in [-0.39, 0.29) is 5.57 Å². The Kier molecular flexibility index (Phi) is 6.44. The summed E-state index contributed by atoms with van der Waals surface area (Å²) in [7, 11) is -4.47. The van der Waals surface area contributed by atoms with E-state index in [0.717, 1.165) is 6.08 Å². The first-order chi connectivity index (χ1) is 11.0. The Morgan fingerprint density at radius 2 is 1.83 bits per heavy atom. The van der Waals surface area contributed by atoms with Crippen LogP contribution in [0.3, 0.4) is 0 Å². The Hall–Kier alpha value is -2.45. The molecular weight excluding hydrogens is 334 g/mol. The van der Waals surface area contributed by atoms with Crippen molar-refractivity contribution in [3.05, 3.63) is 48.0 Å². The van der Waals surface area contributed by atoms with Gasteiger partial charge in [-0.3, -0.25) is 9.35 Å². The zero-order chi connectivity index (χ0) is 18.5. The average molecular weight is 353 g/mol. The van der Waals surface area contributed by atoms with E-state index in [4.69, 9.17) is 5.11 Å². The van der Waals surface area contributed by atoms with Crippen LogP contribution in [0.1, 0.15) is 25.0 Å². The normalized spacial score (nSPS) is 13.0. The molecule has 1 rings (SSSR count). The zero-order valence-electron chi connectivity index (χ0n) is 13.3. The van der Waals surface area contributed by atoms with Gasteiger partial charge in [-0.2, -0.15) is 8.42 Å². The van der Waals surface area contributed by atoms with Crippen LogP contribution in [0.5, 0.6) is 0 Å². The second-order valence-electron chi connectivity index (χ2n) is 5.39. The molecule has 0 saturated heterocycles. The van der Waals surface area contributed by atoms with E-state index >= 15 is 0 Å². The maximum atomic E-state index is 12.3. The summed E-state index contributed by atoms with van der Waals surface area (Å²) >= 11 is 0. The van der Waals surface area contributed by atoms with Gasteiger partial charge in [-0.1, -0.05) is 44.7 Å². The summed E-state index contributed by atoms with van der Waals surface area (Å²) in [5.74, 6) is -2.48. The van der Waals surface area contributed by atoms with E-state index in [0.29, 0.717) is 11.1 Å². The Morgan fingerprint density at radius 3 is 2.33 bits per heavy atom. The fraction of sp³-hybridized carbons (Fsp3) is 0.250. The van der Waals surface area contributed by atoms with Gasteiger partial charge >= 0.3 is 5.97 Å². The Labute approximate surface area is 140 Å². The smallest absolute Gasteiger partial charge is 0.328 e. The van der Waals surface area contributed by atoms with Gasteiger partial charge in [-0.05, 0) is 23.1 Å². The molecule has 0 aliphatic rings. The van der Waals surface area contributed by atoms with Crippen LogP contribution in [0.4, 0.5) is 0 Å². The number of carbonyl (C=O) groups is 2. The summed E-state index contributed by atoms with van der Waals surface area (Å²) in [4.78, 5) is 22.9. The molecule has 1 atom stereocenters. The molecular formula is C16H19NO6S. The highest BCUT2D eigenvalue weighted by molar-refractivity contribution is 7.86. The molecule has 24 heavy (non-hydrogen) atoms. The maximum absolute atomic E-state index is 12.3. The van der Waals surface area contributed by atoms with E-state index in [9.17, 15) is 22.6 Å². The number of benzene rings is 1. The molecule has 0 aliphatic carbocycles. The van der Waals surface area contributed by atoms with Gasteiger partial charge in [0, 0.05) is 11.6 Å². The van der Waals surface area contributed by atoms with Gasteiger partial charge < -0.3 is 10.4 Å². The van der Waals surface area contributed by atoms with Crippen molar-refractivity contribution in [2.75, 3.05) is 0 Å². The number of amides is 1. The highest BCUT2D eigenvalue weighted by atomic mass is 32.2. The summed E-state index contributed by atoms with van der Waals surface area (Å²) in [5, 5.41) is 9.46. The largest absolute Gasteiger partial charge is 0.478 e. The fourth-order valence-electron chi connectivity index (χ4n) is 2.00. The molecule has 1 aromatic rings. The molecule has 130 valence electrons. The van der Waals surface area contributed by atoms with Gasteiger partial charge in [-0.25, -0.2) is 4.79 Å². The monoisotopic (exact) mass is 353 g/mol. The highest BCUT2D eigenvalue weighted by Crippen LogP contribution is 2.20. The van der Waals surface area contributed by atoms with Crippen molar-refractivity contribution in [3.63, 3.8) is 0 Å². The van der Waals surface area contributed by atoms with Crippen LogP contribution in [-0.2, 0) is 19.7 Å². The van der Waals surface area contributed by atoms with E-state index in [1.165, 1.54) is 19.9 Å². The molecule has 0 heterocycles. The lowest BCUT2D eigenvalue weighted by molar-refractivity contribution is -0.131. The van der Waals surface area contributed by atoms with Crippen LogP contribution in [0, 0.1) is 5.92 Å². The Balaban J connectivity index is 3.10. The van der Waals surface area contributed by atoms with Crippen molar-refractivity contribution < 1.29 is 27.7 Å². The Bertz CT molecular complexity index is 780. The van der Waals surface area contributed by atoms with Crippen LogP contribution >= 0.6 is 0 Å². The van der Waals surface area contributed by atoms with Crippen molar-refractivity contribution in [2.45, 2.75) is 19.2 Å². The first-order valence-corrected chi connectivity index (χ1v) is 8.50. The van der Waals surface area contributed by atoms with E-state index < -0.39 is 33.3 Å². The summed E-state index contributed by atoms with van der Waals surface area (Å²) in [6.07, 6.45) is 2.22. The summed E-state index contributed by atoms with van der Waals surface area (Å²) < 4.78 is 31.9. The lowest BCUT2D eigenvalue weighted by Crippen LogP contribution is -2.44. The lowest BCUT2D eigenvalue weighted by atomic mass is 9.99. The molecule has 1 aromatic carbocycles. The molecule has 1 unspecified atom stereocenters. The summed E-state index contributed by atoms with van der Waals surface area (Å²) in [6.45, 7) is 6.70. The minimum absolute atomic E-state index is 0.0464. The topological polar surface area (TPSA) is 121 Å². The van der Waals surface area contributed by atoms with Crippen molar-refractivity contribution in [3.8, 4) is 0 Å². The highest BCUT2D eigenvalue weighted by Gasteiger charge is 2.29. The molecule has 0 bridgehead atoms. The standard InChI is InChI=1S/C16H19NO6S/c1-10(2)16(24(21,22)23)17-15(20)11(3)13-7-5-4-6-12(13)8-9-14(18)19/h4-10,16H,3H2,1-2H3,(H,17,20)(H,18,19)(H,21,22,23). The molecule has 0 aliphatic heterocycles. The third-order valence-electron chi connectivity index (χ3n) is 3.17. The molecule has 7 nitrogen and oxygen atoms in total. The second kappa shape index (κ2) is 7.89. The van der Waals surface area contributed by atoms with Crippen LogP contribution < -0.4 is 5.32 Å². The van der Waals surface area contributed by atoms with Crippen molar-refractivity contribution in [2.24, 2.45) is 5.92 Å². The number of hydrogen-bond donors (Lipinski definition) is 3. The van der Waals surface area contributed by atoms with Gasteiger partial charge in [0.1, 0.15) is 0 Å². The van der Waals surface area contributed by atoms with Crippen LogP contribution in [0.25, 0.3) is 11.6 Å². The number of nitrogens with one attached hydrogen (secondary N) is 1. The third kappa shape index (κ3) is 5.32.